The van der Waals surface area contributed by atoms with Gasteiger partial charge in [-0.25, -0.2) is 35.1 Å². The molecule has 0 amide bonds. The Labute approximate surface area is 156 Å². The zero-order chi connectivity index (χ0) is 21.6. The molecule has 28 heavy (non-hydrogen) atoms. The van der Waals surface area contributed by atoms with Crippen LogP contribution in [0.5, 0.6) is 0 Å². The summed E-state index contributed by atoms with van der Waals surface area (Å²) in [4.78, 5) is 0. The Balaban J connectivity index is 0.000000336. The predicted molar refractivity (Wildman–Crippen MR) is 85.6 cm³/mol. The summed E-state index contributed by atoms with van der Waals surface area (Å²) in [6.07, 6.45) is 0. The number of fused-ring (bicyclic) bond motifs is 1. The van der Waals surface area contributed by atoms with Gasteiger partial charge in [-0.3, -0.25) is 0 Å². The molecule has 0 bridgehead atoms. The van der Waals surface area contributed by atoms with Gasteiger partial charge in [0.25, 0.3) is 0 Å². The lowest BCUT2D eigenvalue weighted by Crippen LogP contribution is -2.27. The topological polar surface area (TPSA) is 27.7 Å². The average Bonchev–Trinajstić information content (AvgIpc) is 2.67. The van der Waals surface area contributed by atoms with Crippen LogP contribution < -0.4 is 0 Å². The first-order valence-corrected chi connectivity index (χ1v) is 9.37. The summed E-state index contributed by atoms with van der Waals surface area (Å²) in [7, 11) is -1.73. The number of hydrogen-bond acceptors (Lipinski definition) is 3. The molecule has 0 heterocycles. The molecule has 0 aromatic heterocycles. The lowest BCUT2D eigenvalue weighted by Gasteiger charge is -2.12. The van der Waals surface area contributed by atoms with Crippen molar-refractivity contribution in [2.45, 2.75) is 20.8 Å². The third-order valence-corrected chi connectivity index (χ3v) is 5.01. The molecule has 0 fully saturated rings. The molecule has 2 aromatic carbocycles. The van der Waals surface area contributed by atoms with Crippen LogP contribution in [-0.4, -0.2) is 29.3 Å². The van der Waals surface area contributed by atoms with Crippen molar-refractivity contribution in [2.24, 2.45) is 0 Å². The quantitative estimate of drug-likeness (QED) is 0.283. The van der Waals surface area contributed by atoms with E-state index in [-0.39, 0.29) is 0 Å². The van der Waals surface area contributed by atoms with Gasteiger partial charge in [0, 0.05) is 19.8 Å². The van der Waals surface area contributed by atoms with Gasteiger partial charge in [0.15, 0.2) is 46.5 Å². The van der Waals surface area contributed by atoms with Crippen molar-refractivity contribution in [1.82, 2.24) is 0 Å². The molecule has 158 valence electrons. The van der Waals surface area contributed by atoms with E-state index in [4.69, 9.17) is 13.3 Å². The Morgan fingerprint density at radius 1 is 0.464 bits per heavy atom. The second kappa shape index (κ2) is 10.7. The van der Waals surface area contributed by atoms with E-state index in [9.17, 15) is 35.1 Å². The Bertz CT molecular complexity index is 707. The van der Waals surface area contributed by atoms with Gasteiger partial charge in [0.2, 0.25) is 0 Å². The highest BCUT2D eigenvalue weighted by Gasteiger charge is 2.30. The zero-order valence-corrected chi connectivity index (χ0v) is 16.1. The third-order valence-electron chi connectivity index (χ3n) is 3.19. The van der Waals surface area contributed by atoms with Crippen molar-refractivity contribution in [2.75, 3.05) is 19.8 Å². The standard InChI is InChI=1S/C10F8.C6H16O3Si/c11-3-1-2(5(13)9(17)7(3)15)6(14)10(18)8(16)4(1)12;1-4-7-10(8-5-2)9-6-3/h;10H,4-6H2,1-3H3. The fourth-order valence-corrected chi connectivity index (χ4v) is 3.11. The molecule has 3 nitrogen and oxygen atoms in total. The molecular weight excluding hydrogens is 420 g/mol. The van der Waals surface area contributed by atoms with E-state index in [1.165, 1.54) is 0 Å². The van der Waals surface area contributed by atoms with Crippen LogP contribution in [0.4, 0.5) is 35.1 Å². The van der Waals surface area contributed by atoms with Crippen LogP contribution in [-0.2, 0) is 13.3 Å². The first-order chi connectivity index (χ1) is 13.1. The maximum Gasteiger partial charge on any atom is 0.484 e. The van der Waals surface area contributed by atoms with Crippen LogP contribution in [0, 0.1) is 46.5 Å². The minimum Gasteiger partial charge on any atom is -0.376 e. The minimum absolute atomic E-state index is 0.677. The third kappa shape index (κ3) is 4.99. The van der Waals surface area contributed by atoms with Gasteiger partial charge in [-0.2, -0.15) is 0 Å². The smallest absolute Gasteiger partial charge is 0.376 e. The van der Waals surface area contributed by atoms with Crippen LogP contribution in [0.1, 0.15) is 20.8 Å². The fraction of sp³-hybridized carbons (Fsp3) is 0.375. The molecule has 0 aliphatic rings. The predicted octanol–water partition coefficient (Wildman–Crippen LogP) is 4.77. The van der Waals surface area contributed by atoms with E-state index in [2.05, 4.69) is 0 Å². The Hall–Kier alpha value is -1.76. The monoisotopic (exact) mass is 436 g/mol. The van der Waals surface area contributed by atoms with Gasteiger partial charge < -0.3 is 13.3 Å². The van der Waals surface area contributed by atoms with Crippen molar-refractivity contribution in [3.8, 4) is 0 Å². The van der Waals surface area contributed by atoms with E-state index in [1.807, 2.05) is 20.8 Å². The highest BCUT2D eigenvalue weighted by Crippen LogP contribution is 2.33. The van der Waals surface area contributed by atoms with Crippen LogP contribution >= 0.6 is 0 Å². The number of rotatable bonds is 6. The molecule has 0 saturated carbocycles. The second-order valence-electron chi connectivity index (χ2n) is 4.92. The Morgan fingerprint density at radius 3 is 0.857 bits per heavy atom. The second-order valence-corrected chi connectivity index (χ2v) is 6.49. The van der Waals surface area contributed by atoms with Gasteiger partial charge >= 0.3 is 9.53 Å². The van der Waals surface area contributed by atoms with E-state index >= 15 is 0 Å². The summed E-state index contributed by atoms with van der Waals surface area (Å²) in [5.41, 5.74) is 0. The largest absolute Gasteiger partial charge is 0.484 e. The van der Waals surface area contributed by atoms with Gasteiger partial charge in [-0.15, -0.1) is 0 Å². The number of halogens is 8. The summed E-state index contributed by atoms with van der Waals surface area (Å²) in [6, 6.07) is 0. The van der Waals surface area contributed by atoms with Crippen LogP contribution in [0.15, 0.2) is 0 Å². The summed E-state index contributed by atoms with van der Waals surface area (Å²) in [6.45, 7) is 7.86. The van der Waals surface area contributed by atoms with E-state index in [0.717, 1.165) is 0 Å². The Kier molecular flexibility index (Phi) is 9.27. The van der Waals surface area contributed by atoms with E-state index in [1.54, 1.807) is 0 Å². The molecule has 0 saturated heterocycles. The van der Waals surface area contributed by atoms with Crippen molar-refractivity contribution in [3.63, 3.8) is 0 Å². The highest BCUT2D eigenvalue weighted by atomic mass is 28.3. The molecule has 2 rings (SSSR count). The molecule has 0 spiro atoms. The van der Waals surface area contributed by atoms with Gasteiger partial charge in [-0.05, 0) is 20.8 Å². The van der Waals surface area contributed by atoms with Gasteiger partial charge in [0.05, 0.1) is 10.8 Å². The molecule has 0 N–H and O–H groups in total. The zero-order valence-electron chi connectivity index (χ0n) is 14.9. The molecule has 0 aliphatic carbocycles. The lowest BCUT2D eigenvalue weighted by atomic mass is 10.1. The maximum atomic E-state index is 13.1. The van der Waals surface area contributed by atoms with E-state index in [0.29, 0.717) is 19.8 Å². The van der Waals surface area contributed by atoms with E-state index < -0.39 is 66.8 Å². The first-order valence-electron chi connectivity index (χ1n) is 7.96. The number of hydrogen-bond donors (Lipinski definition) is 0. The van der Waals surface area contributed by atoms with Gasteiger partial charge in [0.1, 0.15) is 0 Å². The van der Waals surface area contributed by atoms with Crippen molar-refractivity contribution in [3.05, 3.63) is 46.5 Å². The fourth-order valence-electron chi connectivity index (χ4n) is 2.01. The minimum atomic E-state index is -2.45. The molecule has 12 heteroatoms. The maximum absolute atomic E-state index is 13.1. The SMILES string of the molecule is CCO[SiH](OCC)OCC.Fc1c(F)c(F)c2c(F)c(F)c(F)c(F)c2c1F. The molecule has 2 aromatic rings. The number of benzene rings is 2. The summed E-state index contributed by atoms with van der Waals surface area (Å²) in [5.74, 6) is -19.2. The average molecular weight is 436 g/mol. The highest BCUT2D eigenvalue weighted by molar-refractivity contribution is 6.36. The normalized spacial score (nSPS) is 11.1. The van der Waals surface area contributed by atoms with Crippen molar-refractivity contribution in [1.29, 1.82) is 0 Å². The Morgan fingerprint density at radius 2 is 0.679 bits per heavy atom. The van der Waals surface area contributed by atoms with Gasteiger partial charge in [-0.1, -0.05) is 0 Å². The first kappa shape index (κ1) is 24.3. The van der Waals surface area contributed by atoms with Crippen LogP contribution in [0.25, 0.3) is 10.8 Å². The van der Waals surface area contributed by atoms with Crippen molar-refractivity contribution < 1.29 is 48.4 Å². The summed E-state index contributed by atoms with van der Waals surface area (Å²) < 4.78 is 119. The van der Waals surface area contributed by atoms with Crippen LogP contribution in [0.2, 0.25) is 0 Å². The molecule has 0 aliphatic heterocycles. The molecular formula is C16H16F8O3Si. The molecule has 0 unspecified atom stereocenters. The summed E-state index contributed by atoms with van der Waals surface area (Å²) >= 11 is 0. The lowest BCUT2D eigenvalue weighted by molar-refractivity contribution is 0.107. The molecule has 0 atom stereocenters. The summed E-state index contributed by atoms with van der Waals surface area (Å²) in [5, 5.41) is -3.66. The molecule has 0 radical (unpaired) electrons. The van der Waals surface area contributed by atoms with Crippen LogP contribution in [0.3, 0.4) is 0 Å². The van der Waals surface area contributed by atoms with Crippen molar-refractivity contribution >= 4 is 20.3 Å².